The Morgan fingerprint density at radius 3 is 2.10 bits per heavy atom. The normalized spacial score (nSPS) is 14.2. The van der Waals surface area contributed by atoms with E-state index in [1.165, 1.54) is 36.5 Å². The molecule has 4 N–H and O–H groups in total. The van der Waals surface area contributed by atoms with Gasteiger partial charge in [-0.1, -0.05) is 31.9 Å². The molecule has 0 bridgehead atoms. The van der Waals surface area contributed by atoms with Crippen molar-refractivity contribution in [2.75, 3.05) is 70.1 Å². The fourth-order valence-electron chi connectivity index (χ4n) is 6.53. The predicted molar refractivity (Wildman–Crippen MR) is 221 cm³/mol. The van der Waals surface area contributed by atoms with Crippen LogP contribution >= 0.6 is 0 Å². The Hall–Kier alpha value is -5.95. The van der Waals surface area contributed by atoms with Crippen LogP contribution in [0, 0.1) is 24.1 Å². The molecule has 0 unspecified atom stereocenters. The average Bonchev–Trinajstić information content (AvgIpc) is 3.19. The number of aromatic carboxylic acids is 1. The number of amides is 4. The lowest BCUT2D eigenvalue weighted by molar-refractivity contribution is -0.150. The van der Waals surface area contributed by atoms with Gasteiger partial charge in [0.2, 0.25) is 23.2 Å². The molecule has 3 aromatic rings. The molecule has 1 aliphatic carbocycles. The zero-order valence-corrected chi connectivity index (χ0v) is 34.1. The molecule has 2 aromatic carbocycles. The van der Waals surface area contributed by atoms with Crippen LogP contribution in [0.5, 0.6) is 0 Å². The molecule has 0 atom stereocenters. The van der Waals surface area contributed by atoms with Crippen LogP contribution in [0.1, 0.15) is 68.8 Å². The van der Waals surface area contributed by atoms with Crippen LogP contribution < -0.4 is 26.3 Å². The Bertz CT molecular complexity index is 1980. The third kappa shape index (κ3) is 11.8. The van der Waals surface area contributed by atoms with E-state index >= 15 is 4.39 Å². The van der Waals surface area contributed by atoms with Crippen LogP contribution in [0.3, 0.4) is 0 Å². The number of aryl methyl sites for hydroxylation is 1. The molecule has 2 fully saturated rings. The van der Waals surface area contributed by atoms with Crippen LogP contribution in [0.2, 0.25) is 0 Å². The van der Waals surface area contributed by atoms with Crippen molar-refractivity contribution in [2.45, 2.75) is 66.0 Å². The van der Waals surface area contributed by atoms with Gasteiger partial charge in [-0.25, -0.2) is 14.0 Å². The van der Waals surface area contributed by atoms with E-state index in [9.17, 15) is 33.9 Å². The number of carboxylic acid groups (broad SMARTS) is 1. The van der Waals surface area contributed by atoms with E-state index in [1.54, 1.807) is 47.6 Å². The summed E-state index contributed by atoms with van der Waals surface area (Å²) < 4.78 is 22.3. The van der Waals surface area contributed by atoms with Gasteiger partial charge >= 0.3 is 12.1 Å². The van der Waals surface area contributed by atoms with Gasteiger partial charge < -0.3 is 45.1 Å². The zero-order valence-electron chi connectivity index (χ0n) is 34.1. The van der Waals surface area contributed by atoms with E-state index in [2.05, 4.69) is 54.7 Å². The number of halogens is 1. The molecule has 58 heavy (non-hydrogen) atoms. The lowest BCUT2D eigenvalue weighted by Gasteiger charge is -2.38. The minimum Gasteiger partial charge on any atom is -0.477 e. The minimum absolute atomic E-state index is 0.0133. The number of carboxylic acids is 1. The smallest absolute Gasteiger partial charge is 0.410 e. The van der Waals surface area contributed by atoms with Crippen LogP contribution in [0.25, 0.3) is 10.9 Å². The summed E-state index contributed by atoms with van der Waals surface area (Å²) in [5.41, 5.74) is -0.458. The van der Waals surface area contributed by atoms with Gasteiger partial charge in [-0.15, -0.1) is 12.8 Å². The summed E-state index contributed by atoms with van der Waals surface area (Å²) in [6.45, 7) is 8.66. The highest BCUT2D eigenvalue weighted by Crippen LogP contribution is 2.41. The van der Waals surface area contributed by atoms with Crippen molar-refractivity contribution in [3.8, 4) is 12.8 Å². The van der Waals surface area contributed by atoms with Crippen molar-refractivity contribution >= 4 is 52.1 Å². The number of carbonyl (C=O) groups excluding carboxylic acids is 4. The highest BCUT2D eigenvalue weighted by molar-refractivity contribution is 6.07. The summed E-state index contributed by atoms with van der Waals surface area (Å²) in [4.78, 5) is 79.9. The summed E-state index contributed by atoms with van der Waals surface area (Å²) in [6, 6.07) is 9.27. The summed E-state index contributed by atoms with van der Waals surface area (Å²) in [5.74, 6) is -3.26. The number of hydrogen-bond acceptors (Lipinski definition) is 9. The average molecular weight is 806 g/mol. The van der Waals surface area contributed by atoms with Crippen molar-refractivity contribution in [1.82, 2.24) is 25.0 Å². The Balaban J connectivity index is 0.000000904. The van der Waals surface area contributed by atoms with Crippen LogP contribution in [0.15, 0.2) is 47.4 Å². The quantitative estimate of drug-likeness (QED) is 0.136. The number of carbonyl (C=O) groups is 5. The van der Waals surface area contributed by atoms with Gasteiger partial charge in [-0.05, 0) is 83.6 Å². The zero-order chi connectivity index (χ0) is 43.0. The lowest BCUT2D eigenvalue weighted by atomic mass is 9.67. The summed E-state index contributed by atoms with van der Waals surface area (Å²) in [7, 11) is 4.21. The molecule has 1 saturated carbocycles. The number of nitrogens with one attached hydrogen (secondary N) is 3. The third-order valence-electron chi connectivity index (χ3n) is 9.98. The standard InChI is InChI=1S/C34H39FN6O8.C6H15N.C2H2/c1-3-36-31(46)34(10-5-11-34)32(47)37-18-28(42)38-22-8-6-21(7-9-22)20-49-33(48)41-14-12-40(13-15-41)27-17-26-23(16-25(27)35)29(43)24(30(44)45)19-39(26)4-2;1-4-5-6-7(2)3;1-2/h6-9,16-17,19H,3-5,10-15,18,20H2,1-2H3,(H,36,46)(H,37,47)(H,38,42)(H,44,45);4-6H2,1-3H3;1-2H. The van der Waals surface area contributed by atoms with E-state index in [-0.39, 0.29) is 43.2 Å². The highest BCUT2D eigenvalue weighted by atomic mass is 19.1. The maximum atomic E-state index is 15.2. The fourth-order valence-corrected chi connectivity index (χ4v) is 6.53. The number of piperazine rings is 1. The Labute approximate surface area is 338 Å². The molecular weight excluding hydrogens is 750 g/mol. The van der Waals surface area contributed by atoms with Gasteiger partial charge in [-0.3, -0.25) is 19.2 Å². The second-order valence-corrected chi connectivity index (χ2v) is 14.2. The molecular formula is C42H56FN7O8. The molecule has 5 rings (SSSR count). The summed E-state index contributed by atoms with van der Waals surface area (Å²) in [6.07, 6.45) is 13.0. The Kier molecular flexibility index (Phi) is 17.7. The number of unbranched alkanes of at least 4 members (excludes halogenated alkanes) is 1. The van der Waals surface area contributed by atoms with Crippen molar-refractivity contribution in [3.05, 3.63) is 69.8 Å². The lowest BCUT2D eigenvalue weighted by Crippen LogP contribution is -2.56. The van der Waals surface area contributed by atoms with Gasteiger partial charge in [0.25, 0.3) is 0 Å². The molecule has 2 heterocycles. The van der Waals surface area contributed by atoms with E-state index in [1.807, 2.05) is 0 Å². The molecule has 16 heteroatoms. The van der Waals surface area contributed by atoms with Crippen LogP contribution in [0.4, 0.5) is 20.6 Å². The van der Waals surface area contributed by atoms with E-state index in [0.29, 0.717) is 55.8 Å². The Morgan fingerprint density at radius 1 is 0.948 bits per heavy atom. The van der Waals surface area contributed by atoms with Crippen LogP contribution in [-0.2, 0) is 32.3 Å². The first-order chi connectivity index (χ1) is 27.7. The molecule has 1 aromatic heterocycles. The first kappa shape index (κ1) is 46.4. The van der Waals surface area contributed by atoms with Crippen LogP contribution in [-0.4, -0.2) is 109 Å². The number of rotatable bonds is 14. The van der Waals surface area contributed by atoms with Crippen molar-refractivity contribution < 1.29 is 38.2 Å². The van der Waals surface area contributed by atoms with Crippen molar-refractivity contribution in [1.29, 1.82) is 0 Å². The molecule has 314 valence electrons. The predicted octanol–water partition coefficient (Wildman–Crippen LogP) is 4.28. The van der Waals surface area contributed by atoms with Gasteiger partial charge in [0.1, 0.15) is 23.4 Å². The molecule has 1 saturated heterocycles. The second kappa shape index (κ2) is 22.1. The number of fused-ring (bicyclic) bond motifs is 1. The summed E-state index contributed by atoms with van der Waals surface area (Å²) in [5, 5.41) is 17.3. The number of hydrogen-bond donors (Lipinski definition) is 4. The molecule has 1 aliphatic heterocycles. The van der Waals surface area contributed by atoms with E-state index in [0.717, 1.165) is 12.5 Å². The fraction of sp³-hybridized carbons (Fsp3) is 0.476. The van der Waals surface area contributed by atoms with E-state index in [4.69, 9.17) is 4.74 Å². The number of nitrogens with zero attached hydrogens (tertiary/aromatic N) is 4. The summed E-state index contributed by atoms with van der Waals surface area (Å²) >= 11 is 0. The van der Waals surface area contributed by atoms with Crippen molar-refractivity contribution in [2.24, 2.45) is 5.41 Å². The molecule has 2 aliphatic rings. The van der Waals surface area contributed by atoms with Gasteiger partial charge in [0, 0.05) is 56.5 Å². The first-order valence-electron chi connectivity index (χ1n) is 19.4. The first-order valence-corrected chi connectivity index (χ1v) is 19.4. The highest BCUT2D eigenvalue weighted by Gasteiger charge is 2.50. The SMILES string of the molecule is C#C.CCCCN(C)C.CCNC(=O)C1(C(=O)NCC(=O)Nc2ccc(COC(=O)N3CCN(c4cc5c(cc4F)c(=O)c(C(=O)O)cn5CC)CC3)cc2)CCC1. The molecule has 15 nitrogen and oxygen atoms in total. The van der Waals surface area contributed by atoms with Gasteiger partial charge in [0.05, 0.1) is 17.7 Å². The monoisotopic (exact) mass is 805 g/mol. The third-order valence-corrected chi connectivity index (χ3v) is 9.98. The minimum atomic E-state index is -1.38. The molecule has 4 amide bonds. The number of terminal acetylenes is 1. The molecule has 0 radical (unpaired) electrons. The number of anilines is 2. The number of aromatic nitrogens is 1. The number of pyridine rings is 1. The molecule has 0 spiro atoms. The van der Waals surface area contributed by atoms with Gasteiger partial charge in [0.15, 0.2) is 0 Å². The van der Waals surface area contributed by atoms with E-state index < -0.39 is 46.1 Å². The van der Waals surface area contributed by atoms with Crippen molar-refractivity contribution in [3.63, 3.8) is 0 Å². The Morgan fingerprint density at radius 2 is 1.59 bits per heavy atom. The van der Waals surface area contributed by atoms with Gasteiger partial charge in [-0.2, -0.15) is 0 Å². The second-order valence-electron chi connectivity index (χ2n) is 14.2. The number of ether oxygens (including phenoxy) is 1. The number of benzene rings is 2. The maximum absolute atomic E-state index is 15.2. The topological polar surface area (TPSA) is 183 Å². The largest absolute Gasteiger partial charge is 0.477 e. The maximum Gasteiger partial charge on any atom is 0.410 e.